The van der Waals surface area contributed by atoms with Gasteiger partial charge in [0.05, 0.1) is 21.7 Å². The zero-order valence-electron chi connectivity index (χ0n) is 12.9. The number of nitrogens with one attached hydrogen (secondary N) is 1. The van der Waals surface area contributed by atoms with Gasteiger partial charge in [0.25, 0.3) is 10.0 Å². The summed E-state index contributed by atoms with van der Waals surface area (Å²) >= 11 is 0. The number of sulfonamides is 1. The first-order valence-corrected chi connectivity index (χ1v) is 8.31. The number of carboxylic acid groups (broad SMARTS) is 2. The van der Waals surface area contributed by atoms with Crippen molar-refractivity contribution in [3.8, 4) is 0 Å². The Bertz CT molecular complexity index is 934. The Labute approximate surface area is 138 Å². The SMILES string of the molecule is Cc1cc(C(=O)O)ccc1S(=O)(=O)Nc1cccc(C(=O)O)c1C. The molecule has 2 rings (SSSR count). The predicted molar refractivity (Wildman–Crippen MR) is 87.1 cm³/mol. The van der Waals surface area contributed by atoms with Crippen LogP contribution in [0.4, 0.5) is 5.69 Å². The third kappa shape index (κ3) is 3.38. The van der Waals surface area contributed by atoms with Crippen molar-refractivity contribution in [2.75, 3.05) is 4.72 Å². The van der Waals surface area contributed by atoms with Crippen LogP contribution in [0.25, 0.3) is 0 Å². The Balaban J connectivity index is 2.45. The highest BCUT2D eigenvalue weighted by Gasteiger charge is 2.20. The first-order chi connectivity index (χ1) is 11.1. The van der Waals surface area contributed by atoms with Gasteiger partial charge in [0.1, 0.15) is 0 Å². The molecule has 2 aromatic rings. The summed E-state index contributed by atoms with van der Waals surface area (Å²) in [4.78, 5) is 22.0. The van der Waals surface area contributed by atoms with E-state index < -0.39 is 22.0 Å². The Morgan fingerprint density at radius 2 is 1.67 bits per heavy atom. The molecule has 0 atom stereocenters. The number of rotatable bonds is 5. The van der Waals surface area contributed by atoms with Gasteiger partial charge in [-0.1, -0.05) is 6.07 Å². The van der Waals surface area contributed by atoms with Crippen molar-refractivity contribution >= 4 is 27.6 Å². The lowest BCUT2D eigenvalue weighted by atomic mass is 10.1. The van der Waals surface area contributed by atoms with Gasteiger partial charge < -0.3 is 10.2 Å². The third-order valence-electron chi connectivity index (χ3n) is 3.52. The third-order valence-corrected chi connectivity index (χ3v) is 5.05. The van der Waals surface area contributed by atoms with Gasteiger partial charge in [-0.05, 0) is 55.3 Å². The average molecular weight is 349 g/mol. The van der Waals surface area contributed by atoms with Crippen molar-refractivity contribution in [2.24, 2.45) is 0 Å². The molecule has 24 heavy (non-hydrogen) atoms. The number of aryl methyl sites for hydroxylation is 1. The Morgan fingerprint density at radius 1 is 1.00 bits per heavy atom. The minimum Gasteiger partial charge on any atom is -0.478 e. The topological polar surface area (TPSA) is 121 Å². The van der Waals surface area contributed by atoms with E-state index in [0.29, 0.717) is 0 Å². The number of benzene rings is 2. The summed E-state index contributed by atoms with van der Waals surface area (Å²) < 4.78 is 27.4. The summed E-state index contributed by atoms with van der Waals surface area (Å²) in [6.45, 7) is 2.99. The second-order valence-corrected chi connectivity index (χ2v) is 6.83. The quantitative estimate of drug-likeness (QED) is 0.762. The molecule has 0 aliphatic carbocycles. The molecule has 0 unspecified atom stereocenters. The minimum atomic E-state index is -3.99. The van der Waals surface area contributed by atoms with E-state index >= 15 is 0 Å². The first-order valence-electron chi connectivity index (χ1n) is 6.83. The van der Waals surface area contributed by atoms with E-state index in [2.05, 4.69) is 4.72 Å². The van der Waals surface area contributed by atoms with Crippen molar-refractivity contribution in [3.05, 3.63) is 58.7 Å². The predicted octanol–water partition coefficient (Wildman–Crippen LogP) is 2.50. The van der Waals surface area contributed by atoms with Crippen LogP contribution in [0, 0.1) is 13.8 Å². The van der Waals surface area contributed by atoms with Crippen LogP contribution >= 0.6 is 0 Å². The van der Waals surface area contributed by atoms with Gasteiger partial charge in [-0.15, -0.1) is 0 Å². The molecular weight excluding hydrogens is 334 g/mol. The van der Waals surface area contributed by atoms with Gasteiger partial charge in [0, 0.05) is 0 Å². The zero-order chi connectivity index (χ0) is 18.1. The molecule has 0 amide bonds. The van der Waals surface area contributed by atoms with Gasteiger partial charge in [-0.25, -0.2) is 18.0 Å². The lowest BCUT2D eigenvalue weighted by molar-refractivity contribution is 0.0685. The average Bonchev–Trinajstić information content (AvgIpc) is 2.48. The molecule has 0 saturated carbocycles. The van der Waals surface area contributed by atoms with Gasteiger partial charge in [-0.2, -0.15) is 0 Å². The lowest BCUT2D eigenvalue weighted by Gasteiger charge is -2.14. The molecule has 3 N–H and O–H groups in total. The summed E-state index contributed by atoms with van der Waals surface area (Å²) in [7, 11) is -3.99. The molecule has 0 aliphatic rings. The Hall–Kier alpha value is -2.87. The molecule has 0 aliphatic heterocycles. The van der Waals surface area contributed by atoms with Crippen molar-refractivity contribution in [2.45, 2.75) is 18.7 Å². The number of carbonyl (C=O) groups is 2. The van der Waals surface area contributed by atoms with E-state index in [9.17, 15) is 18.0 Å². The van der Waals surface area contributed by atoms with E-state index in [1.54, 1.807) is 0 Å². The normalized spacial score (nSPS) is 11.1. The maximum atomic E-state index is 12.5. The molecule has 0 bridgehead atoms. The fraction of sp³-hybridized carbons (Fsp3) is 0.125. The van der Waals surface area contributed by atoms with Gasteiger partial charge in [0.2, 0.25) is 0 Å². The minimum absolute atomic E-state index is 0.00635. The van der Waals surface area contributed by atoms with Crippen LogP contribution in [-0.2, 0) is 10.0 Å². The fourth-order valence-electron chi connectivity index (χ4n) is 2.26. The van der Waals surface area contributed by atoms with Gasteiger partial charge in [-0.3, -0.25) is 4.72 Å². The van der Waals surface area contributed by atoms with Crippen LogP contribution in [0.2, 0.25) is 0 Å². The number of carboxylic acids is 2. The summed E-state index contributed by atoms with van der Waals surface area (Å²) in [6, 6.07) is 7.94. The summed E-state index contributed by atoms with van der Waals surface area (Å²) in [5, 5.41) is 18.0. The highest BCUT2D eigenvalue weighted by Crippen LogP contribution is 2.24. The van der Waals surface area contributed by atoms with Crippen molar-refractivity contribution in [3.63, 3.8) is 0 Å². The Kier molecular flexibility index (Phi) is 4.61. The second-order valence-electron chi connectivity index (χ2n) is 5.17. The van der Waals surface area contributed by atoms with Crippen molar-refractivity contribution in [1.29, 1.82) is 0 Å². The Morgan fingerprint density at radius 3 is 2.21 bits per heavy atom. The van der Waals surface area contributed by atoms with E-state index in [0.717, 1.165) is 0 Å². The molecule has 7 nitrogen and oxygen atoms in total. The highest BCUT2D eigenvalue weighted by atomic mass is 32.2. The van der Waals surface area contributed by atoms with E-state index in [1.807, 2.05) is 0 Å². The number of aromatic carboxylic acids is 2. The fourth-order valence-corrected chi connectivity index (χ4v) is 3.61. The highest BCUT2D eigenvalue weighted by molar-refractivity contribution is 7.92. The molecule has 0 radical (unpaired) electrons. The van der Waals surface area contributed by atoms with E-state index in [4.69, 9.17) is 10.2 Å². The second kappa shape index (κ2) is 6.32. The molecule has 0 fully saturated rings. The molecule has 8 heteroatoms. The van der Waals surface area contributed by atoms with Crippen molar-refractivity contribution in [1.82, 2.24) is 0 Å². The molecule has 0 heterocycles. The molecule has 0 saturated heterocycles. The van der Waals surface area contributed by atoms with E-state index in [-0.39, 0.29) is 32.8 Å². The van der Waals surface area contributed by atoms with Crippen molar-refractivity contribution < 1.29 is 28.2 Å². The van der Waals surface area contributed by atoms with Crippen LogP contribution in [0.3, 0.4) is 0 Å². The number of anilines is 1. The van der Waals surface area contributed by atoms with Crippen LogP contribution in [-0.4, -0.2) is 30.6 Å². The van der Waals surface area contributed by atoms with Crippen LogP contribution in [0.5, 0.6) is 0 Å². The largest absolute Gasteiger partial charge is 0.478 e. The first kappa shape index (κ1) is 17.5. The molecule has 0 aromatic heterocycles. The summed E-state index contributed by atoms with van der Waals surface area (Å²) in [5.41, 5.74) is 0.683. The molecule has 0 spiro atoms. The standard InChI is InChI=1S/C16H15NO6S/c1-9-8-11(15(18)19)6-7-14(9)24(22,23)17-13-5-3-4-12(10(13)2)16(20)21/h3-8,17H,1-2H3,(H,18,19)(H,20,21). The smallest absolute Gasteiger partial charge is 0.336 e. The van der Waals surface area contributed by atoms with Crippen LogP contribution in [0.1, 0.15) is 31.8 Å². The number of hydrogen-bond acceptors (Lipinski definition) is 4. The van der Waals surface area contributed by atoms with E-state index in [1.165, 1.54) is 50.2 Å². The molecular formula is C16H15NO6S. The summed E-state index contributed by atoms with van der Waals surface area (Å²) in [5.74, 6) is -2.31. The zero-order valence-corrected chi connectivity index (χ0v) is 13.7. The van der Waals surface area contributed by atoms with Gasteiger partial charge >= 0.3 is 11.9 Å². The molecule has 2 aromatic carbocycles. The number of hydrogen-bond donors (Lipinski definition) is 3. The maximum absolute atomic E-state index is 12.5. The van der Waals surface area contributed by atoms with Gasteiger partial charge in [0.15, 0.2) is 0 Å². The lowest BCUT2D eigenvalue weighted by Crippen LogP contribution is -2.16. The summed E-state index contributed by atoms with van der Waals surface area (Å²) in [6.07, 6.45) is 0. The van der Waals surface area contributed by atoms with Crippen LogP contribution < -0.4 is 4.72 Å². The van der Waals surface area contributed by atoms with Crippen LogP contribution in [0.15, 0.2) is 41.3 Å². The monoisotopic (exact) mass is 349 g/mol. The maximum Gasteiger partial charge on any atom is 0.336 e. The molecule has 126 valence electrons.